The largest absolute Gasteiger partial charge is 0.511 e. The standard InChI is InChI=1S/C11H15NO5/c1-6-5-7(17-10(14)15)8(16-6)9(13)12-11(2,3)4/h5H,1-4H3,(H,12,13)(H,14,15). The molecule has 1 aromatic heterocycles. The van der Waals surface area contributed by atoms with Crippen molar-refractivity contribution in [3.05, 3.63) is 17.6 Å². The van der Waals surface area contributed by atoms with Crippen molar-refractivity contribution >= 4 is 12.1 Å². The molecule has 94 valence electrons. The highest BCUT2D eigenvalue weighted by Crippen LogP contribution is 2.24. The van der Waals surface area contributed by atoms with Gasteiger partial charge in [0.15, 0.2) is 5.75 Å². The van der Waals surface area contributed by atoms with Gasteiger partial charge in [-0.1, -0.05) is 0 Å². The smallest absolute Gasteiger partial charge is 0.452 e. The minimum atomic E-state index is -1.49. The van der Waals surface area contributed by atoms with Crippen LogP contribution in [0.1, 0.15) is 37.1 Å². The van der Waals surface area contributed by atoms with Gasteiger partial charge >= 0.3 is 6.16 Å². The second kappa shape index (κ2) is 4.48. The van der Waals surface area contributed by atoms with E-state index in [1.54, 1.807) is 27.7 Å². The Kier molecular flexibility index (Phi) is 3.45. The molecule has 0 unspecified atom stereocenters. The Morgan fingerprint density at radius 2 is 2.00 bits per heavy atom. The minimum absolute atomic E-state index is 0.100. The van der Waals surface area contributed by atoms with Crippen LogP contribution in [0.5, 0.6) is 5.75 Å². The zero-order valence-corrected chi connectivity index (χ0v) is 10.2. The number of ether oxygens (including phenoxy) is 1. The van der Waals surface area contributed by atoms with E-state index in [4.69, 9.17) is 9.52 Å². The SMILES string of the molecule is Cc1cc(OC(=O)O)c(C(=O)NC(C)(C)C)o1. The number of hydrogen-bond donors (Lipinski definition) is 2. The Bertz CT molecular complexity index is 441. The van der Waals surface area contributed by atoms with Crippen molar-refractivity contribution in [2.24, 2.45) is 0 Å². The number of furan rings is 1. The van der Waals surface area contributed by atoms with Crippen molar-refractivity contribution in [1.29, 1.82) is 0 Å². The average Bonchev–Trinajstić information content (AvgIpc) is 2.42. The van der Waals surface area contributed by atoms with E-state index in [2.05, 4.69) is 10.1 Å². The first-order chi connectivity index (χ1) is 7.69. The zero-order chi connectivity index (χ0) is 13.2. The lowest BCUT2D eigenvalue weighted by Gasteiger charge is -2.19. The van der Waals surface area contributed by atoms with Crippen molar-refractivity contribution in [2.45, 2.75) is 33.2 Å². The Labute approximate surface area is 98.6 Å². The van der Waals surface area contributed by atoms with Crippen LogP contribution in [-0.4, -0.2) is 22.7 Å². The van der Waals surface area contributed by atoms with Crippen LogP contribution in [0.4, 0.5) is 4.79 Å². The topological polar surface area (TPSA) is 88.8 Å². The van der Waals surface area contributed by atoms with Gasteiger partial charge in [-0.2, -0.15) is 0 Å². The summed E-state index contributed by atoms with van der Waals surface area (Å²) in [5.74, 6) is -0.348. The number of nitrogens with one attached hydrogen (secondary N) is 1. The molecule has 0 aliphatic rings. The van der Waals surface area contributed by atoms with Crippen molar-refractivity contribution in [3.8, 4) is 5.75 Å². The summed E-state index contributed by atoms with van der Waals surface area (Å²) in [6.45, 7) is 7.01. The fraction of sp³-hybridized carbons (Fsp3) is 0.455. The van der Waals surface area contributed by atoms with E-state index in [9.17, 15) is 9.59 Å². The summed E-state index contributed by atoms with van der Waals surface area (Å²) in [7, 11) is 0. The molecule has 0 aromatic carbocycles. The van der Waals surface area contributed by atoms with E-state index in [-0.39, 0.29) is 11.5 Å². The molecule has 6 nitrogen and oxygen atoms in total. The van der Waals surface area contributed by atoms with Crippen LogP contribution < -0.4 is 10.1 Å². The molecule has 17 heavy (non-hydrogen) atoms. The van der Waals surface area contributed by atoms with Crippen LogP contribution in [0, 0.1) is 6.92 Å². The van der Waals surface area contributed by atoms with Gasteiger partial charge in [-0.25, -0.2) is 4.79 Å². The van der Waals surface area contributed by atoms with Gasteiger partial charge in [-0.3, -0.25) is 4.79 Å². The molecule has 2 N–H and O–H groups in total. The Hall–Kier alpha value is -1.98. The molecule has 1 aromatic rings. The number of carbonyl (C=O) groups excluding carboxylic acids is 1. The lowest BCUT2D eigenvalue weighted by molar-refractivity contribution is 0.0884. The van der Waals surface area contributed by atoms with Crippen LogP contribution in [0.15, 0.2) is 10.5 Å². The van der Waals surface area contributed by atoms with Gasteiger partial charge in [0.05, 0.1) is 0 Å². The van der Waals surface area contributed by atoms with E-state index in [1.807, 2.05) is 0 Å². The molecule has 1 amide bonds. The number of carboxylic acid groups (broad SMARTS) is 1. The van der Waals surface area contributed by atoms with Gasteiger partial charge in [0.25, 0.3) is 5.91 Å². The molecule has 0 fully saturated rings. The quantitative estimate of drug-likeness (QED) is 0.774. The summed E-state index contributed by atoms with van der Waals surface area (Å²) in [6, 6.07) is 1.35. The summed E-state index contributed by atoms with van der Waals surface area (Å²) < 4.78 is 9.59. The summed E-state index contributed by atoms with van der Waals surface area (Å²) >= 11 is 0. The van der Waals surface area contributed by atoms with Crippen LogP contribution in [0.2, 0.25) is 0 Å². The van der Waals surface area contributed by atoms with E-state index < -0.39 is 17.6 Å². The first-order valence-corrected chi connectivity index (χ1v) is 5.03. The van der Waals surface area contributed by atoms with Gasteiger partial charge in [0, 0.05) is 11.6 Å². The predicted molar refractivity (Wildman–Crippen MR) is 59.3 cm³/mol. The highest BCUT2D eigenvalue weighted by atomic mass is 16.7. The molecule has 0 aliphatic carbocycles. The Morgan fingerprint density at radius 3 is 2.47 bits per heavy atom. The molecule has 0 aliphatic heterocycles. The number of hydrogen-bond acceptors (Lipinski definition) is 4. The van der Waals surface area contributed by atoms with Crippen molar-refractivity contribution in [3.63, 3.8) is 0 Å². The average molecular weight is 241 g/mol. The van der Waals surface area contributed by atoms with E-state index in [0.717, 1.165) is 0 Å². The highest BCUT2D eigenvalue weighted by Gasteiger charge is 2.24. The van der Waals surface area contributed by atoms with Gasteiger partial charge in [-0.05, 0) is 27.7 Å². The number of aryl methyl sites for hydroxylation is 1. The third kappa shape index (κ3) is 3.82. The predicted octanol–water partition coefficient (Wildman–Crippen LogP) is 2.17. The van der Waals surface area contributed by atoms with Crippen LogP contribution in [0.3, 0.4) is 0 Å². The fourth-order valence-electron chi connectivity index (χ4n) is 1.22. The molecule has 6 heteroatoms. The molecule has 0 spiro atoms. The zero-order valence-electron chi connectivity index (χ0n) is 10.2. The highest BCUT2D eigenvalue weighted by molar-refractivity contribution is 5.95. The molecular weight excluding hydrogens is 226 g/mol. The molecule has 1 rings (SSSR count). The minimum Gasteiger partial charge on any atom is -0.452 e. The number of rotatable bonds is 2. The van der Waals surface area contributed by atoms with E-state index in [1.165, 1.54) is 6.07 Å². The maximum Gasteiger partial charge on any atom is 0.511 e. The Balaban J connectivity index is 2.96. The summed E-state index contributed by atoms with van der Waals surface area (Å²) in [5, 5.41) is 11.2. The van der Waals surface area contributed by atoms with Gasteiger partial charge in [0.1, 0.15) is 5.76 Å². The third-order valence-corrected chi connectivity index (χ3v) is 1.71. The number of carbonyl (C=O) groups is 2. The first-order valence-electron chi connectivity index (χ1n) is 5.03. The summed E-state index contributed by atoms with van der Waals surface area (Å²) in [4.78, 5) is 22.2. The van der Waals surface area contributed by atoms with Crippen molar-refractivity contribution < 1.29 is 23.8 Å². The molecule has 1 heterocycles. The van der Waals surface area contributed by atoms with Crippen molar-refractivity contribution in [1.82, 2.24) is 5.32 Å². The van der Waals surface area contributed by atoms with Crippen LogP contribution in [-0.2, 0) is 0 Å². The molecule has 0 atom stereocenters. The molecule has 0 bridgehead atoms. The monoisotopic (exact) mass is 241 g/mol. The summed E-state index contributed by atoms with van der Waals surface area (Å²) in [6.07, 6.45) is -1.49. The second-order valence-corrected chi connectivity index (χ2v) is 4.62. The molecular formula is C11H15NO5. The number of amides is 1. The van der Waals surface area contributed by atoms with Crippen LogP contribution >= 0.6 is 0 Å². The summed E-state index contributed by atoms with van der Waals surface area (Å²) in [5.41, 5.74) is -0.446. The third-order valence-electron chi connectivity index (χ3n) is 1.71. The molecule has 0 saturated carbocycles. The second-order valence-electron chi connectivity index (χ2n) is 4.62. The first kappa shape index (κ1) is 13.1. The molecule has 0 radical (unpaired) electrons. The fourth-order valence-corrected chi connectivity index (χ4v) is 1.22. The van der Waals surface area contributed by atoms with Crippen molar-refractivity contribution in [2.75, 3.05) is 0 Å². The van der Waals surface area contributed by atoms with E-state index in [0.29, 0.717) is 5.76 Å². The normalized spacial score (nSPS) is 11.1. The van der Waals surface area contributed by atoms with E-state index >= 15 is 0 Å². The Morgan fingerprint density at radius 1 is 1.41 bits per heavy atom. The maximum atomic E-state index is 11.8. The van der Waals surface area contributed by atoms with Gasteiger partial charge < -0.3 is 19.6 Å². The lowest BCUT2D eigenvalue weighted by Crippen LogP contribution is -2.40. The maximum absolute atomic E-state index is 11.8. The van der Waals surface area contributed by atoms with Crippen LogP contribution in [0.25, 0.3) is 0 Å². The molecule has 0 saturated heterocycles. The lowest BCUT2D eigenvalue weighted by atomic mass is 10.1. The van der Waals surface area contributed by atoms with Gasteiger partial charge in [0.2, 0.25) is 5.76 Å². The van der Waals surface area contributed by atoms with Gasteiger partial charge in [-0.15, -0.1) is 0 Å².